The van der Waals surface area contributed by atoms with Crippen LogP contribution in [0.2, 0.25) is 0 Å². The van der Waals surface area contributed by atoms with E-state index in [-0.39, 0.29) is 0 Å². The van der Waals surface area contributed by atoms with Gasteiger partial charge in [0, 0.05) is 26.3 Å². The molecule has 3 nitrogen and oxygen atoms in total. The second-order valence-electron chi connectivity index (χ2n) is 5.58. The van der Waals surface area contributed by atoms with Gasteiger partial charge in [0.25, 0.3) is 0 Å². The minimum atomic E-state index is 0.716. The van der Waals surface area contributed by atoms with E-state index in [0.717, 1.165) is 31.6 Å². The van der Waals surface area contributed by atoms with E-state index in [1.54, 1.807) is 0 Å². The number of nitrogens with zero attached hydrogens (tertiary/aromatic N) is 1. The second-order valence-corrected chi connectivity index (χ2v) is 5.58. The van der Waals surface area contributed by atoms with E-state index in [1.807, 2.05) is 0 Å². The number of rotatable bonds is 3. The van der Waals surface area contributed by atoms with Gasteiger partial charge in [-0.3, -0.25) is 0 Å². The van der Waals surface area contributed by atoms with Crippen LogP contribution in [0.3, 0.4) is 0 Å². The SMILES string of the molecule is CC1CCN(CC2CCOCC2)CC1CN. The van der Waals surface area contributed by atoms with Crippen molar-refractivity contribution in [2.75, 3.05) is 39.4 Å². The van der Waals surface area contributed by atoms with Gasteiger partial charge >= 0.3 is 0 Å². The van der Waals surface area contributed by atoms with Crippen molar-refractivity contribution >= 4 is 0 Å². The van der Waals surface area contributed by atoms with E-state index in [9.17, 15) is 0 Å². The van der Waals surface area contributed by atoms with Crippen molar-refractivity contribution in [3.63, 3.8) is 0 Å². The molecule has 94 valence electrons. The first-order chi connectivity index (χ1) is 7.79. The maximum absolute atomic E-state index is 5.84. The van der Waals surface area contributed by atoms with Gasteiger partial charge in [-0.1, -0.05) is 6.92 Å². The third kappa shape index (κ3) is 3.19. The molecule has 2 rings (SSSR count). The average molecular weight is 226 g/mol. The first kappa shape index (κ1) is 12.3. The summed E-state index contributed by atoms with van der Waals surface area (Å²) in [6.45, 7) is 8.90. The molecule has 0 aromatic rings. The third-order valence-corrected chi connectivity index (χ3v) is 4.36. The maximum Gasteiger partial charge on any atom is 0.0469 e. The molecule has 16 heavy (non-hydrogen) atoms. The monoisotopic (exact) mass is 226 g/mol. The molecule has 0 saturated carbocycles. The van der Waals surface area contributed by atoms with Crippen LogP contribution in [-0.2, 0) is 4.74 Å². The molecule has 2 aliphatic rings. The smallest absolute Gasteiger partial charge is 0.0469 e. The molecule has 2 aliphatic heterocycles. The number of hydrogen-bond donors (Lipinski definition) is 1. The average Bonchev–Trinajstić information content (AvgIpc) is 2.33. The molecular formula is C13H26N2O. The fourth-order valence-electron chi connectivity index (χ4n) is 2.99. The molecule has 2 atom stereocenters. The van der Waals surface area contributed by atoms with Crippen LogP contribution in [0.1, 0.15) is 26.2 Å². The predicted molar refractivity (Wildman–Crippen MR) is 66.3 cm³/mol. The van der Waals surface area contributed by atoms with Gasteiger partial charge in [0.05, 0.1) is 0 Å². The van der Waals surface area contributed by atoms with Crippen molar-refractivity contribution in [3.05, 3.63) is 0 Å². The molecule has 0 aromatic carbocycles. The lowest BCUT2D eigenvalue weighted by Gasteiger charge is -2.38. The third-order valence-electron chi connectivity index (χ3n) is 4.36. The Bertz CT molecular complexity index is 204. The molecule has 2 fully saturated rings. The highest BCUT2D eigenvalue weighted by atomic mass is 16.5. The molecule has 2 heterocycles. The Labute approximate surface area is 99.3 Å². The van der Waals surface area contributed by atoms with Gasteiger partial charge in [0.15, 0.2) is 0 Å². The van der Waals surface area contributed by atoms with Gasteiger partial charge in [-0.05, 0) is 50.1 Å². The normalized spacial score (nSPS) is 34.1. The van der Waals surface area contributed by atoms with Crippen LogP contribution in [0.25, 0.3) is 0 Å². The van der Waals surface area contributed by atoms with Gasteiger partial charge in [0.2, 0.25) is 0 Å². The van der Waals surface area contributed by atoms with Crippen molar-refractivity contribution in [2.24, 2.45) is 23.5 Å². The first-order valence-electron chi connectivity index (χ1n) is 6.79. The van der Waals surface area contributed by atoms with E-state index in [2.05, 4.69) is 11.8 Å². The van der Waals surface area contributed by atoms with Crippen LogP contribution >= 0.6 is 0 Å². The van der Waals surface area contributed by atoms with Crippen molar-refractivity contribution < 1.29 is 4.74 Å². The van der Waals surface area contributed by atoms with Crippen molar-refractivity contribution in [2.45, 2.75) is 26.2 Å². The minimum Gasteiger partial charge on any atom is -0.381 e. The Morgan fingerprint density at radius 2 is 2.00 bits per heavy atom. The Morgan fingerprint density at radius 1 is 1.25 bits per heavy atom. The molecule has 0 spiro atoms. The Balaban J connectivity index is 1.76. The first-order valence-corrected chi connectivity index (χ1v) is 6.79. The minimum absolute atomic E-state index is 0.716. The number of piperidine rings is 1. The topological polar surface area (TPSA) is 38.5 Å². The Kier molecular flexibility index (Phi) is 4.62. The molecule has 0 bridgehead atoms. The molecule has 0 radical (unpaired) electrons. The fourth-order valence-corrected chi connectivity index (χ4v) is 2.99. The summed E-state index contributed by atoms with van der Waals surface area (Å²) >= 11 is 0. The van der Waals surface area contributed by atoms with Crippen LogP contribution in [0.5, 0.6) is 0 Å². The quantitative estimate of drug-likeness (QED) is 0.789. The number of likely N-dealkylation sites (tertiary alicyclic amines) is 1. The van der Waals surface area contributed by atoms with Gasteiger partial charge < -0.3 is 15.4 Å². The molecule has 2 unspecified atom stereocenters. The highest BCUT2D eigenvalue weighted by Gasteiger charge is 2.26. The van der Waals surface area contributed by atoms with Gasteiger partial charge in [-0.15, -0.1) is 0 Å². The lowest BCUT2D eigenvalue weighted by atomic mass is 9.86. The zero-order valence-corrected chi connectivity index (χ0v) is 10.5. The number of ether oxygens (including phenoxy) is 1. The van der Waals surface area contributed by atoms with Crippen molar-refractivity contribution in [1.29, 1.82) is 0 Å². The van der Waals surface area contributed by atoms with E-state index < -0.39 is 0 Å². The Hall–Kier alpha value is -0.120. The summed E-state index contributed by atoms with van der Waals surface area (Å²) < 4.78 is 5.41. The summed E-state index contributed by atoms with van der Waals surface area (Å²) in [7, 11) is 0. The molecule has 0 aliphatic carbocycles. The summed E-state index contributed by atoms with van der Waals surface area (Å²) in [6, 6.07) is 0. The van der Waals surface area contributed by atoms with Gasteiger partial charge in [-0.25, -0.2) is 0 Å². The lowest BCUT2D eigenvalue weighted by molar-refractivity contribution is 0.0400. The molecule has 0 aromatic heterocycles. The number of hydrogen-bond acceptors (Lipinski definition) is 3. The maximum atomic E-state index is 5.84. The summed E-state index contributed by atoms with van der Waals surface area (Å²) in [6.07, 6.45) is 3.82. The number of nitrogens with two attached hydrogens (primary N) is 1. The summed E-state index contributed by atoms with van der Waals surface area (Å²) in [4.78, 5) is 2.63. The van der Waals surface area contributed by atoms with Crippen molar-refractivity contribution in [3.8, 4) is 0 Å². The van der Waals surface area contributed by atoms with E-state index >= 15 is 0 Å². The van der Waals surface area contributed by atoms with Crippen LogP contribution in [-0.4, -0.2) is 44.3 Å². The standard InChI is InChI=1S/C13H26N2O/c1-11-2-5-15(10-13(11)8-14)9-12-3-6-16-7-4-12/h11-13H,2-10,14H2,1H3. The largest absolute Gasteiger partial charge is 0.381 e. The predicted octanol–water partition coefficient (Wildman–Crippen LogP) is 1.33. The molecule has 2 saturated heterocycles. The van der Waals surface area contributed by atoms with Crippen LogP contribution in [0.15, 0.2) is 0 Å². The molecule has 0 amide bonds. The van der Waals surface area contributed by atoms with Crippen LogP contribution in [0.4, 0.5) is 0 Å². The zero-order valence-electron chi connectivity index (χ0n) is 10.5. The van der Waals surface area contributed by atoms with Gasteiger partial charge in [-0.2, -0.15) is 0 Å². The molecular weight excluding hydrogens is 200 g/mol. The van der Waals surface area contributed by atoms with E-state index in [4.69, 9.17) is 10.5 Å². The summed E-state index contributed by atoms with van der Waals surface area (Å²) in [5.41, 5.74) is 5.84. The van der Waals surface area contributed by atoms with Crippen LogP contribution in [0, 0.1) is 17.8 Å². The van der Waals surface area contributed by atoms with E-state index in [0.29, 0.717) is 5.92 Å². The highest BCUT2D eigenvalue weighted by Crippen LogP contribution is 2.24. The lowest BCUT2D eigenvalue weighted by Crippen LogP contribution is -2.45. The zero-order chi connectivity index (χ0) is 11.4. The summed E-state index contributed by atoms with van der Waals surface area (Å²) in [5, 5.41) is 0. The second kappa shape index (κ2) is 5.99. The van der Waals surface area contributed by atoms with E-state index in [1.165, 1.54) is 38.9 Å². The van der Waals surface area contributed by atoms with Crippen LogP contribution < -0.4 is 5.73 Å². The fraction of sp³-hybridized carbons (Fsp3) is 1.00. The summed E-state index contributed by atoms with van der Waals surface area (Å²) in [5.74, 6) is 2.39. The van der Waals surface area contributed by atoms with Crippen molar-refractivity contribution in [1.82, 2.24) is 4.90 Å². The molecule has 3 heteroatoms. The van der Waals surface area contributed by atoms with Gasteiger partial charge in [0.1, 0.15) is 0 Å². The highest BCUT2D eigenvalue weighted by molar-refractivity contribution is 4.80. The molecule has 2 N–H and O–H groups in total. The Morgan fingerprint density at radius 3 is 2.69 bits per heavy atom.